The van der Waals surface area contributed by atoms with Gasteiger partial charge < -0.3 is 44.7 Å². The molecule has 1 aliphatic heterocycles. The summed E-state index contributed by atoms with van der Waals surface area (Å²) in [7, 11) is -7.87. The minimum absolute atomic E-state index is 0.0417. The Morgan fingerprint density at radius 2 is 1.42 bits per heavy atom. The highest BCUT2D eigenvalue weighted by atomic mass is 32.2. The van der Waals surface area contributed by atoms with Gasteiger partial charge in [0.2, 0.25) is 20.0 Å². The Kier molecular flexibility index (Phi) is 15.8. The largest absolute Gasteiger partial charge is 0.497 e. The molecule has 21 nitrogen and oxygen atoms in total. The number of H-pyrrole nitrogens is 1. The fourth-order valence-electron chi connectivity index (χ4n) is 7.87. The van der Waals surface area contributed by atoms with Gasteiger partial charge in [0.1, 0.15) is 27.0 Å². The van der Waals surface area contributed by atoms with Crippen LogP contribution < -0.4 is 34.9 Å². The molecule has 380 valence electrons. The van der Waals surface area contributed by atoms with Gasteiger partial charge in [0.15, 0.2) is 20.1 Å². The number of aromatic amines is 1. The highest BCUT2D eigenvalue weighted by molar-refractivity contribution is 7.92. The normalized spacial score (nSPS) is 13.7. The Morgan fingerprint density at radius 3 is 1.96 bits per heavy atom. The first kappa shape index (κ1) is 52.3. The van der Waals surface area contributed by atoms with Crippen LogP contribution in [0.5, 0.6) is 17.2 Å². The minimum Gasteiger partial charge on any atom is -0.497 e. The van der Waals surface area contributed by atoms with Crippen molar-refractivity contribution in [1.29, 1.82) is 0 Å². The lowest BCUT2D eigenvalue weighted by Crippen LogP contribution is -2.50. The van der Waals surface area contributed by atoms with E-state index >= 15 is 16.8 Å². The van der Waals surface area contributed by atoms with Crippen molar-refractivity contribution < 1.29 is 45.4 Å². The van der Waals surface area contributed by atoms with Crippen LogP contribution in [0.3, 0.4) is 0 Å². The Balaban J connectivity index is 1.47. The molecule has 2 aromatic heterocycles. The maximum absolute atomic E-state index is 16.3. The molecule has 24 heteroatoms. The van der Waals surface area contributed by atoms with E-state index in [9.17, 15) is 9.90 Å². The zero-order valence-corrected chi connectivity index (χ0v) is 43.6. The maximum Gasteiger partial charge on any atom is 0.404 e. The molecule has 0 fully saturated rings. The zero-order valence-electron chi connectivity index (χ0n) is 41.0. The smallest absolute Gasteiger partial charge is 0.404 e. The van der Waals surface area contributed by atoms with Gasteiger partial charge in [0.25, 0.3) is 0 Å². The second-order valence-electron chi connectivity index (χ2n) is 18.5. The van der Waals surface area contributed by atoms with Crippen molar-refractivity contribution in [2.45, 2.75) is 87.4 Å². The Hall–Kier alpha value is -6.57. The van der Waals surface area contributed by atoms with E-state index in [2.05, 4.69) is 35.5 Å². The number of carbonyl (C=O) groups is 1. The van der Waals surface area contributed by atoms with Crippen LogP contribution >= 0.6 is 0 Å². The van der Waals surface area contributed by atoms with Gasteiger partial charge >= 0.3 is 6.09 Å². The zero-order chi connectivity index (χ0) is 51.3. The first-order chi connectivity index (χ1) is 33.6. The molecule has 7 rings (SSSR count). The molecule has 3 heterocycles. The molecule has 0 bridgehead atoms. The number of imidazole rings is 1. The molecule has 6 aromatic rings. The van der Waals surface area contributed by atoms with Gasteiger partial charge in [-0.2, -0.15) is 4.31 Å². The van der Waals surface area contributed by atoms with Gasteiger partial charge in [-0.3, -0.25) is 0 Å². The third kappa shape index (κ3) is 12.1. The average Bonchev–Trinajstić information content (AvgIpc) is 3.96. The van der Waals surface area contributed by atoms with E-state index in [1.165, 1.54) is 29.3 Å². The summed E-state index contributed by atoms with van der Waals surface area (Å²) in [5, 5.41) is 24.5. The quantitative estimate of drug-likeness (QED) is 0.0548. The second-order valence-corrected chi connectivity index (χ2v) is 26.9. The number of nitrogen functional groups attached to an aromatic ring is 1. The van der Waals surface area contributed by atoms with Gasteiger partial charge in [-0.1, -0.05) is 57.2 Å². The monoisotopic (exact) mass is 1030 g/mol. The number of nitrogens with zero attached hydrogens (tertiary/aromatic N) is 7. The van der Waals surface area contributed by atoms with Crippen LogP contribution in [-0.4, -0.2) is 118 Å². The highest BCUT2D eigenvalue weighted by Gasteiger charge is 2.42. The molecular weight excluding hydrogens is 971 g/mol. The summed E-state index contributed by atoms with van der Waals surface area (Å²) in [6.45, 7) is 9.40. The number of amides is 1. The van der Waals surface area contributed by atoms with Gasteiger partial charge in [-0.15, -0.1) is 5.10 Å². The van der Waals surface area contributed by atoms with Crippen LogP contribution in [0.15, 0.2) is 94.7 Å². The Labute approximate surface area is 414 Å². The summed E-state index contributed by atoms with van der Waals surface area (Å²) >= 11 is 0. The number of methoxy groups -OCH3 is 3. The fraction of sp³-hybridized carbons (Fsp3) is 0.383. The molecule has 6 N–H and O–H groups in total. The maximum atomic E-state index is 16.3. The summed E-state index contributed by atoms with van der Waals surface area (Å²) in [4.78, 5) is 20.0. The lowest BCUT2D eigenvalue weighted by molar-refractivity contribution is 0.163. The Bertz CT molecular complexity index is 2990. The fourth-order valence-corrected chi connectivity index (χ4v) is 12.7. The summed E-state index contributed by atoms with van der Waals surface area (Å²) < 4.78 is 91.2. The number of fused-ring (bicyclic) bond motifs is 1. The van der Waals surface area contributed by atoms with Crippen LogP contribution in [0.4, 0.5) is 16.4 Å². The van der Waals surface area contributed by atoms with Crippen molar-refractivity contribution in [3.05, 3.63) is 113 Å². The highest BCUT2D eigenvalue weighted by Crippen LogP contribution is 2.43. The summed E-state index contributed by atoms with van der Waals surface area (Å²) in [5.41, 5.74) is 9.66. The number of hydrogen-bond donors (Lipinski definition) is 5. The van der Waals surface area contributed by atoms with Gasteiger partial charge in [0.05, 0.1) is 57.5 Å². The number of benzene rings is 4. The third-order valence-electron chi connectivity index (χ3n) is 12.7. The first-order valence-corrected chi connectivity index (χ1v) is 28.5. The van der Waals surface area contributed by atoms with Crippen LogP contribution in [0.2, 0.25) is 18.1 Å². The van der Waals surface area contributed by atoms with Crippen LogP contribution in [0.1, 0.15) is 48.8 Å². The van der Waals surface area contributed by atoms with Crippen molar-refractivity contribution in [2.75, 3.05) is 51.6 Å². The number of nitrogens with one attached hydrogen (secondary N) is 3. The lowest BCUT2D eigenvalue weighted by Gasteiger charge is -2.39. The van der Waals surface area contributed by atoms with Crippen molar-refractivity contribution >= 4 is 46.1 Å². The predicted molar refractivity (Wildman–Crippen MR) is 269 cm³/mol. The van der Waals surface area contributed by atoms with E-state index in [1.807, 2.05) is 50.9 Å². The SMILES string of the molecule is COc1ccc(CN(Cc2ccc(OC)cc2)S(=O)(=O)c2c(S(=O)(=O)NC[C@@H](CNC(=O)O)O[Si](C)(C)C(C)(C)C)ccc(N3CCc4nc(N)[nH]c4C3)c2-c2nnnn2Cc2ccc(OC)cc2)cc1. The molecule has 4 aromatic carbocycles. The van der Waals surface area contributed by atoms with Gasteiger partial charge in [-0.25, -0.2) is 36.0 Å². The second kappa shape index (κ2) is 21.4. The van der Waals surface area contributed by atoms with Crippen molar-refractivity contribution in [3.8, 4) is 28.6 Å². The van der Waals surface area contributed by atoms with Gasteiger partial charge in [-0.05, 0) is 93.8 Å². The van der Waals surface area contributed by atoms with E-state index in [4.69, 9.17) is 24.4 Å². The number of rotatable bonds is 21. The summed E-state index contributed by atoms with van der Waals surface area (Å²) in [6.07, 6.45) is -1.89. The van der Waals surface area contributed by atoms with E-state index in [-0.39, 0.29) is 55.1 Å². The molecule has 71 heavy (non-hydrogen) atoms. The number of hydrogen-bond acceptors (Lipinski definition) is 15. The van der Waals surface area contributed by atoms with E-state index in [0.717, 1.165) is 11.3 Å². The van der Waals surface area contributed by atoms with Crippen molar-refractivity contribution in [2.24, 2.45) is 0 Å². The predicted octanol–water partition coefficient (Wildman–Crippen LogP) is 5.61. The van der Waals surface area contributed by atoms with Crippen LogP contribution in [0, 0.1) is 0 Å². The molecule has 0 saturated heterocycles. The summed E-state index contributed by atoms with van der Waals surface area (Å²) in [5.74, 6) is 1.89. The van der Waals surface area contributed by atoms with E-state index in [0.29, 0.717) is 52.7 Å². The molecule has 1 amide bonds. The minimum atomic E-state index is -4.98. The lowest BCUT2D eigenvalue weighted by atomic mass is 10.1. The number of nitrogens with two attached hydrogens (primary N) is 1. The average molecular weight is 1030 g/mol. The molecule has 0 spiro atoms. The standard InChI is InChI=1S/C47H61N11O10S2Si/c1-47(2,3)71(7,8)68-37(25-49-46(59)60)26-50-69(61,62)41-22-21-40(56-24-23-38-39(30-56)52-45(48)51-38)42(44-53-54-55-58(44)29-33-13-19-36(67-6)20-14-33)43(41)70(63,64)57(27-31-9-15-34(65-4)16-10-31)28-32-11-17-35(66-5)18-12-32/h9-22,37,49-50H,23-30H2,1-8H3,(H,59,60)(H3,48,51,52)/t37-/m1/s1. The molecule has 0 radical (unpaired) electrons. The molecule has 1 atom stereocenters. The number of tetrazole rings is 1. The Morgan fingerprint density at radius 1 is 0.859 bits per heavy atom. The number of carboxylic acid groups (broad SMARTS) is 1. The number of ether oxygens (including phenoxy) is 3. The van der Waals surface area contributed by atoms with E-state index < -0.39 is 56.9 Å². The molecule has 1 aliphatic rings. The van der Waals surface area contributed by atoms with Crippen LogP contribution in [-0.2, 0) is 57.1 Å². The molecular formula is C47H61N11O10S2Si. The molecule has 0 unspecified atom stereocenters. The number of anilines is 2. The van der Waals surface area contributed by atoms with Gasteiger partial charge in [0, 0.05) is 44.8 Å². The van der Waals surface area contributed by atoms with Crippen molar-refractivity contribution in [1.82, 2.24) is 44.5 Å². The number of sulfonamides is 2. The summed E-state index contributed by atoms with van der Waals surface area (Å²) in [6, 6.07) is 23.7. The van der Waals surface area contributed by atoms with Crippen molar-refractivity contribution in [3.63, 3.8) is 0 Å². The molecule has 0 aliphatic carbocycles. The van der Waals surface area contributed by atoms with Crippen LogP contribution in [0.25, 0.3) is 11.4 Å². The third-order valence-corrected chi connectivity index (χ3v) is 20.7. The topological polar surface area (TPSA) is 271 Å². The first-order valence-electron chi connectivity index (χ1n) is 22.7. The number of aromatic nitrogens is 6. The molecule has 0 saturated carbocycles. The van der Waals surface area contributed by atoms with E-state index in [1.54, 1.807) is 73.8 Å².